The van der Waals surface area contributed by atoms with Gasteiger partial charge in [0.1, 0.15) is 16.8 Å². The van der Waals surface area contributed by atoms with E-state index in [9.17, 15) is 4.79 Å². The van der Waals surface area contributed by atoms with Gasteiger partial charge in [-0.25, -0.2) is 0 Å². The molecule has 0 spiro atoms. The van der Waals surface area contributed by atoms with Crippen LogP contribution in [0.1, 0.15) is 22.8 Å². The predicted molar refractivity (Wildman–Crippen MR) is 115 cm³/mol. The van der Waals surface area contributed by atoms with Gasteiger partial charge in [-0.2, -0.15) is 4.80 Å². The van der Waals surface area contributed by atoms with Crippen LogP contribution in [0, 0.1) is 6.92 Å². The highest BCUT2D eigenvalue weighted by molar-refractivity contribution is 6.05. The van der Waals surface area contributed by atoms with E-state index in [4.69, 9.17) is 14.2 Å². The van der Waals surface area contributed by atoms with E-state index < -0.39 is 0 Å². The minimum absolute atomic E-state index is 0.167. The lowest BCUT2D eigenvalue weighted by atomic mass is 10.1. The second-order valence-electron chi connectivity index (χ2n) is 7.09. The van der Waals surface area contributed by atoms with Gasteiger partial charge in [-0.15, -0.1) is 10.2 Å². The summed E-state index contributed by atoms with van der Waals surface area (Å²) in [5, 5.41) is 12.1. The van der Waals surface area contributed by atoms with Crippen LogP contribution >= 0.6 is 0 Å². The highest BCUT2D eigenvalue weighted by atomic mass is 16.7. The first kappa shape index (κ1) is 18.9. The van der Waals surface area contributed by atoms with Crippen LogP contribution in [0.15, 0.2) is 54.6 Å². The Hall–Kier alpha value is -4.07. The number of fused-ring (bicyclic) bond motifs is 2. The van der Waals surface area contributed by atoms with Gasteiger partial charge < -0.3 is 19.5 Å². The first-order chi connectivity index (χ1) is 15.1. The Labute approximate surface area is 178 Å². The molecule has 1 N–H and O–H groups in total. The molecule has 8 nitrogen and oxygen atoms in total. The highest BCUT2D eigenvalue weighted by Crippen LogP contribution is 2.33. The lowest BCUT2D eigenvalue weighted by molar-refractivity contribution is 0.102. The first-order valence-electron chi connectivity index (χ1n) is 9.92. The normalized spacial score (nSPS) is 12.2. The van der Waals surface area contributed by atoms with Crippen molar-refractivity contribution in [1.82, 2.24) is 15.0 Å². The molecule has 31 heavy (non-hydrogen) atoms. The fourth-order valence-electron chi connectivity index (χ4n) is 3.39. The molecule has 8 heteroatoms. The zero-order valence-corrected chi connectivity index (χ0v) is 17.1. The van der Waals surface area contributed by atoms with Crippen molar-refractivity contribution in [1.29, 1.82) is 0 Å². The third-order valence-corrected chi connectivity index (χ3v) is 4.99. The smallest absolute Gasteiger partial charge is 0.255 e. The highest BCUT2D eigenvalue weighted by Gasteiger charge is 2.17. The molecule has 0 fully saturated rings. The van der Waals surface area contributed by atoms with Gasteiger partial charge in [0, 0.05) is 11.3 Å². The van der Waals surface area contributed by atoms with Gasteiger partial charge in [-0.05, 0) is 74.0 Å². The van der Waals surface area contributed by atoms with Crippen molar-refractivity contribution in [3.8, 4) is 22.9 Å². The summed E-state index contributed by atoms with van der Waals surface area (Å²) in [7, 11) is 0. The molecule has 4 aromatic rings. The van der Waals surface area contributed by atoms with Crippen molar-refractivity contribution in [2.75, 3.05) is 18.7 Å². The zero-order valence-electron chi connectivity index (χ0n) is 17.1. The number of ether oxygens (including phenoxy) is 3. The van der Waals surface area contributed by atoms with E-state index in [2.05, 4.69) is 15.5 Å². The minimum atomic E-state index is -0.236. The number of hydrogen-bond acceptors (Lipinski definition) is 6. The van der Waals surface area contributed by atoms with E-state index in [1.54, 1.807) is 23.0 Å². The molecule has 0 atom stereocenters. The molecular weight excluding hydrogens is 396 g/mol. The van der Waals surface area contributed by atoms with Crippen LogP contribution < -0.4 is 19.5 Å². The van der Waals surface area contributed by atoms with E-state index in [-0.39, 0.29) is 12.7 Å². The van der Waals surface area contributed by atoms with Crippen LogP contribution in [0.5, 0.6) is 17.2 Å². The van der Waals surface area contributed by atoms with Crippen molar-refractivity contribution >= 4 is 22.6 Å². The second kappa shape index (κ2) is 7.64. The number of nitrogens with one attached hydrogen (secondary N) is 1. The minimum Gasteiger partial charge on any atom is -0.494 e. The van der Waals surface area contributed by atoms with E-state index >= 15 is 0 Å². The van der Waals surface area contributed by atoms with E-state index in [1.165, 1.54) is 0 Å². The quantitative estimate of drug-likeness (QED) is 0.527. The molecule has 0 saturated heterocycles. The van der Waals surface area contributed by atoms with Gasteiger partial charge in [0.15, 0.2) is 11.5 Å². The molecule has 156 valence electrons. The molecule has 3 aromatic carbocycles. The first-order valence-corrected chi connectivity index (χ1v) is 9.92. The Morgan fingerprint density at radius 2 is 1.77 bits per heavy atom. The fourth-order valence-corrected chi connectivity index (χ4v) is 3.39. The van der Waals surface area contributed by atoms with Crippen LogP contribution in [-0.2, 0) is 0 Å². The van der Waals surface area contributed by atoms with Crippen LogP contribution in [-0.4, -0.2) is 34.3 Å². The number of carbonyl (C=O) groups is 1. The molecule has 5 rings (SSSR count). The van der Waals surface area contributed by atoms with E-state index in [0.717, 1.165) is 22.5 Å². The summed E-state index contributed by atoms with van der Waals surface area (Å²) >= 11 is 0. The summed E-state index contributed by atoms with van der Waals surface area (Å²) < 4.78 is 16.1. The number of anilines is 1. The lowest BCUT2D eigenvalue weighted by Gasteiger charge is -2.08. The average Bonchev–Trinajstić information content (AvgIpc) is 3.40. The molecule has 0 radical (unpaired) electrons. The third kappa shape index (κ3) is 3.63. The Kier molecular flexibility index (Phi) is 4.66. The van der Waals surface area contributed by atoms with Gasteiger partial charge in [-0.1, -0.05) is 0 Å². The number of benzene rings is 3. The summed E-state index contributed by atoms with van der Waals surface area (Å²) in [5.74, 6) is 1.77. The summed E-state index contributed by atoms with van der Waals surface area (Å²) in [6.07, 6.45) is 0. The summed E-state index contributed by atoms with van der Waals surface area (Å²) in [6, 6.07) is 16.4. The van der Waals surface area contributed by atoms with Gasteiger partial charge in [0.25, 0.3) is 5.91 Å². The fraction of sp³-hybridized carbons (Fsp3) is 0.174. The van der Waals surface area contributed by atoms with Gasteiger partial charge >= 0.3 is 0 Å². The average molecular weight is 416 g/mol. The molecule has 0 bridgehead atoms. The Balaban J connectivity index is 1.41. The lowest BCUT2D eigenvalue weighted by Crippen LogP contribution is -2.12. The molecule has 1 aromatic heterocycles. The standard InChI is InChI=1S/C23H20N4O4/c1-3-29-17-7-5-16(6-8-17)27-25-19-10-14(2)18(12-20(19)26-27)24-23(28)15-4-9-21-22(11-15)31-13-30-21/h4-12H,3,13H2,1-2H3,(H,24,28). The number of rotatable bonds is 5. The number of amides is 1. The molecule has 1 amide bonds. The maximum Gasteiger partial charge on any atom is 0.255 e. The van der Waals surface area contributed by atoms with Crippen molar-refractivity contribution in [2.45, 2.75) is 13.8 Å². The van der Waals surface area contributed by atoms with Crippen LogP contribution in [0.2, 0.25) is 0 Å². The Morgan fingerprint density at radius 3 is 2.55 bits per heavy atom. The van der Waals surface area contributed by atoms with E-state index in [0.29, 0.717) is 34.9 Å². The Morgan fingerprint density at radius 1 is 1.03 bits per heavy atom. The van der Waals surface area contributed by atoms with Crippen molar-refractivity contribution in [3.63, 3.8) is 0 Å². The summed E-state index contributed by atoms with van der Waals surface area (Å²) in [5.41, 5.74) is 4.30. The third-order valence-electron chi connectivity index (χ3n) is 4.99. The maximum atomic E-state index is 12.8. The number of nitrogens with zero attached hydrogens (tertiary/aromatic N) is 3. The number of hydrogen-bond donors (Lipinski definition) is 1. The zero-order chi connectivity index (χ0) is 21.4. The van der Waals surface area contributed by atoms with Crippen LogP contribution in [0.25, 0.3) is 16.7 Å². The molecule has 0 aliphatic carbocycles. The molecule has 0 saturated carbocycles. The molecular formula is C23H20N4O4. The van der Waals surface area contributed by atoms with Gasteiger partial charge in [-0.3, -0.25) is 4.79 Å². The Bertz CT molecular complexity index is 1280. The van der Waals surface area contributed by atoms with Crippen molar-refractivity contribution < 1.29 is 19.0 Å². The number of aromatic nitrogens is 3. The molecule has 2 heterocycles. The predicted octanol–water partition coefficient (Wildman–Crippen LogP) is 4.11. The molecule has 1 aliphatic rings. The molecule has 1 aliphatic heterocycles. The molecule has 0 unspecified atom stereocenters. The largest absolute Gasteiger partial charge is 0.494 e. The summed E-state index contributed by atoms with van der Waals surface area (Å²) in [4.78, 5) is 14.3. The topological polar surface area (TPSA) is 87.5 Å². The maximum absolute atomic E-state index is 12.8. The monoisotopic (exact) mass is 416 g/mol. The second-order valence-corrected chi connectivity index (χ2v) is 7.09. The van der Waals surface area contributed by atoms with Crippen molar-refractivity contribution in [3.05, 3.63) is 65.7 Å². The van der Waals surface area contributed by atoms with Gasteiger partial charge in [0.05, 0.1) is 12.3 Å². The summed E-state index contributed by atoms with van der Waals surface area (Å²) in [6.45, 7) is 4.65. The van der Waals surface area contributed by atoms with E-state index in [1.807, 2.05) is 50.2 Å². The number of aryl methyl sites for hydroxylation is 1. The van der Waals surface area contributed by atoms with Crippen LogP contribution in [0.4, 0.5) is 5.69 Å². The van der Waals surface area contributed by atoms with Gasteiger partial charge in [0.2, 0.25) is 6.79 Å². The number of carbonyl (C=O) groups excluding carboxylic acids is 1. The van der Waals surface area contributed by atoms with Crippen molar-refractivity contribution in [2.24, 2.45) is 0 Å². The SMILES string of the molecule is CCOc1ccc(-n2nc3cc(C)c(NC(=O)c4ccc5c(c4)OCO5)cc3n2)cc1. The van der Waals surface area contributed by atoms with Crippen LogP contribution in [0.3, 0.4) is 0 Å².